The fraction of sp³-hybridized carbons (Fsp3) is 0.231. The largest absolute Gasteiger partial charge is 0.494 e. The fourth-order valence-corrected chi connectivity index (χ4v) is 1.59. The number of rotatable bonds is 3. The summed E-state index contributed by atoms with van der Waals surface area (Å²) in [6.45, 7) is 4.49. The average molecular weight is 229 g/mol. The molecular formula is C13H15N3O. The lowest BCUT2D eigenvalue weighted by molar-refractivity contribution is 0.340. The van der Waals surface area contributed by atoms with Gasteiger partial charge in [-0.3, -0.25) is 0 Å². The number of ether oxygens (including phenoxy) is 1. The van der Waals surface area contributed by atoms with Crippen molar-refractivity contribution in [2.45, 2.75) is 13.8 Å². The van der Waals surface area contributed by atoms with Gasteiger partial charge in [0.25, 0.3) is 0 Å². The maximum atomic E-state index is 5.96. The summed E-state index contributed by atoms with van der Waals surface area (Å²) in [4.78, 5) is 8.26. The van der Waals surface area contributed by atoms with Gasteiger partial charge >= 0.3 is 0 Å². The molecule has 0 atom stereocenters. The van der Waals surface area contributed by atoms with Gasteiger partial charge in [-0.1, -0.05) is 0 Å². The molecule has 0 bridgehead atoms. The molecule has 0 saturated carbocycles. The molecular weight excluding hydrogens is 214 g/mol. The maximum absolute atomic E-state index is 5.96. The van der Waals surface area contributed by atoms with Gasteiger partial charge in [-0.2, -0.15) is 0 Å². The smallest absolute Gasteiger partial charge is 0.119 e. The zero-order valence-electron chi connectivity index (χ0n) is 9.97. The second-order valence-corrected chi connectivity index (χ2v) is 3.68. The van der Waals surface area contributed by atoms with Gasteiger partial charge in [0.15, 0.2) is 0 Å². The van der Waals surface area contributed by atoms with Crippen molar-refractivity contribution in [3.8, 4) is 17.0 Å². The second kappa shape index (κ2) is 4.82. The molecule has 2 aromatic rings. The number of nitrogens with zero attached hydrogens (tertiary/aromatic N) is 2. The van der Waals surface area contributed by atoms with Crippen molar-refractivity contribution in [1.29, 1.82) is 0 Å². The summed E-state index contributed by atoms with van der Waals surface area (Å²) in [6.07, 6.45) is 1.53. The van der Waals surface area contributed by atoms with Crippen molar-refractivity contribution in [3.63, 3.8) is 0 Å². The highest BCUT2D eigenvalue weighted by Gasteiger charge is 2.07. The predicted octanol–water partition coefficient (Wildman–Crippen LogP) is 2.43. The summed E-state index contributed by atoms with van der Waals surface area (Å²) in [5.74, 6) is 0.848. The highest BCUT2D eigenvalue weighted by Crippen LogP contribution is 2.26. The minimum Gasteiger partial charge on any atom is -0.494 e. The summed E-state index contributed by atoms with van der Waals surface area (Å²) in [5.41, 5.74) is 9.11. The van der Waals surface area contributed by atoms with E-state index in [9.17, 15) is 0 Å². The van der Waals surface area contributed by atoms with E-state index in [1.54, 1.807) is 0 Å². The Hall–Kier alpha value is -2.10. The van der Waals surface area contributed by atoms with Crippen LogP contribution in [0.3, 0.4) is 0 Å². The van der Waals surface area contributed by atoms with Gasteiger partial charge in [0.2, 0.25) is 0 Å². The van der Waals surface area contributed by atoms with Crippen molar-refractivity contribution >= 4 is 5.69 Å². The number of anilines is 1. The molecule has 1 aromatic carbocycles. The van der Waals surface area contributed by atoms with E-state index in [2.05, 4.69) is 9.97 Å². The van der Waals surface area contributed by atoms with Crippen LogP contribution in [0.25, 0.3) is 11.3 Å². The Morgan fingerprint density at radius 2 is 1.88 bits per heavy atom. The fourth-order valence-electron chi connectivity index (χ4n) is 1.59. The Morgan fingerprint density at radius 1 is 1.18 bits per heavy atom. The van der Waals surface area contributed by atoms with Gasteiger partial charge in [0, 0.05) is 5.56 Å². The van der Waals surface area contributed by atoms with E-state index >= 15 is 0 Å². The maximum Gasteiger partial charge on any atom is 0.119 e. The normalized spacial score (nSPS) is 10.2. The monoisotopic (exact) mass is 229 g/mol. The van der Waals surface area contributed by atoms with Gasteiger partial charge in [0.05, 0.1) is 23.7 Å². The number of nitrogen functional groups attached to an aromatic ring is 1. The third-order valence-electron chi connectivity index (χ3n) is 2.52. The molecule has 0 aliphatic carbocycles. The Morgan fingerprint density at radius 3 is 2.53 bits per heavy atom. The van der Waals surface area contributed by atoms with Gasteiger partial charge in [0.1, 0.15) is 12.1 Å². The first-order chi connectivity index (χ1) is 8.22. The van der Waals surface area contributed by atoms with Crippen molar-refractivity contribution in [2.24, 2.45) is 0 Å². The van der Waals surface area contributed by atoms with Crippen LogP contribution < -0.4 is 10.5 Å². The van der Waals surface area contributed by atoms with Crippen LogP contribution in [-0.4, -0.2) is 16.6 Å². The highest BCUT2D eigenvalue weighted by atomic mass is 16.5. The van der Waals surface area contributed by atoms with Crippen LogP contribution in [0.1, 0.15) is 12.6 Å². The minimum atomic E-state index is 0.622. The Balaban J connectivity index is 2.36. The zero-order valence-corrected chi connectivity index (χ0v) is 9.97. The molecule has 4 nitrogen and oxygen atoms in total. The molecule has 4 heteroatoms. The molecule has 0 unspecified atom stereocenters. The number of aromatic nitrogens is 2. The van der Waals surface area contributed by atoms with E-state index in [0.717, 1.165) is 22.7 Å². The van der Waals surface area contributed by atoms with Gasteiger partial charge in [-0.15, -0.1) is 0 Å². The molecule has 88 valence electrons. The van der Waals surface area contributed by atoms with E-state index in [1.807, 2.05) is 38.1 Å². The minimum absolute atomic E-state index is 0.622. The molecule has 17 heavy (non-hydrogen) atoms. The van der Waals surface area contributed by atoms with E-state index in [-0.39, 0.29) is 0 Å². The standard InChI is InChI=1S/C13H15N3O/c1-3-17-11-6-4-10(5-7-11)13-12(14)9(2)15-8-16-13/h4-8H,3,14H2,1-2H3. The molecule has 2 rings (SSSR count). The lowest BCUT2D eigenvalue weighted by Crippen LogP contribution is -1.99. The first-order valence-corrected chi connectivity index (χ1v) is 5.52. The molecule has 2 N–H and O–H groups in total. The molecule has 0 amide bonds. The third kappa shape index (κ3) is 2.36. The van der Waals surface area contributed by atoms with Crippen LogP contribution in [0.2, 0.25) is 0 Å². The number of nitrogens with two attached hydrogens (primary N) is 1. The van der Waals surface area contributed by atoms with Crippen LogP contribution in [-0.2, 0) is 0 Å². The zero-order chi connectivity index (χ0) is 12.3. The van der Waals surface area contributed by atoms with Crippen molar-refractivity contribution < 1.29 is 4.74 Å². The van der Waals surface area contributed by atoms with E-state index in [1.165, 1.54) is 6.33 Å². The van der Waals surface area contributed by atoms with Crippen LogP contribution in [0.15, 0.2) is 30.6 Å². The topological polar surface area (TPSA) is 61.0 Å². The number of aryl methyl sites for hydroxylation is 1. The quantitative estimate of drug-likeness (QED) is 0.878. The summed E-state index contributed by atoms with van der Waals surface area (Å²) in [6, 6.07) is 7.72. The van der Waals surface area contributed by atoms with E-state index in [0.29, 0.717) is 12.3 Å². The predicted molar refractivity (Wildman–Crippen MR) is 67.8 cm³/mol. The van der Waals surface area contributed by atoms with Crippen molar-refractivity contribution in [1.82, 2.24) is 9.97 Å². The lowest BCUT2D eigenvalue weighted by Gasteiger charge is -2.07. The second-order valence-electron chi connectivity index (χ2n) is 3.68. The van der Waals surface area contributed by atoms with Crippen LogP contribution in [0.4, 0.5) is 5.69 Å². The van der Waals surface area contributed by atoms with Crippen molar-refractivity contribution in [3.05, 3.63) is 36.3 Å². The summed E-state index contributed by atoms with van der Waals surface area (Å²) < 4.78 is 5.39. The van der Waals surface area contributed by atoms with E-state index in [4.69, 9.17) is 10.5 Å². The molecule has 0 aliphatic heterocycles. The Bertz CT molecular complexity index is 509. The summed E-state index contributed by atoms with van der Waals surface area (Å²) in [7, 11) is 0. The highest BCUT2D eigenvalue weighted by molar-refractivity contribution is 5.73. The number of hydrogen-bond donors (Lipinski definition) is 1. The number of hydrogen-bond acceptors (Lipinski definition) is 4. The van der Waals surface area contributed by atoms with Crippen LogP contribution in [0, 0.1) is 6.92 Å². The average Bonchev–Trinajstić information content (AvgIpc) is 2.34. The first-order valence-electron chi connectivity index (χ1n) is 5.52. The SMILES string of the molecule is CCOc1ccc(-c2ncnc(C)c2N)cc1. The summed E-state index contributed by atoms with van der Waals surface area (Å²) in [5, 5.41) is 0. The summed E-state index contributed by atoms with van der Waals surface area (Å²) >= 11 is 0. The molecule has 0 fully saturated rings. The molecule has 0 radical (unpaired) electrons. The molecule has 1 aromatic heterocycles. The lowest BCUT2D eigenvalue weighted by atomic mass is 10.1. The number of benzene rings is 1. The molecule has 0 spiro atoms. The molecule has 0 aliphatic rings. The van der Waals surface area contributed by atoms with Gasteiger partial charge in [-0.25, -0.2) is 9.97 Å². The third-order valence-corrected chi connectivity index (χ3v) is 2.52. The Labute approximate surface area is 100 Å². The molecule has 1 heterocycles. The van der Waals surface area contributed by atoms with E-state index < -0.39 is 0 Å². The van der Waals surface area contributed by atoms with Crippen molar-refractivity contribution in [2.75, 3.05) is 12.3 Å². The molecule has 0 saturated heterocycles. The van der Waals surface area contributed by atoms with Crippen LogP contribution in [0.5, 0.6) is 5.75 Å². The van der Waals surface area contributed by atoms with Crippen LogP contribution >= 0.6 is 0 Å². The Kier molecular flexibility index (Phi) is 3.23. The first kappa shape index (κ1) is 11.4. The van der Waals surface area contributed by atoms with Gasteiger partial charge in [-0.05, 0) is 38.1 Å². The van der Waals surface area contributed by atoms with Gasteiger partial charge < -0.3 is 10.5 Å².